The van der Waals surface area contributed by atoms with Crippen LogP contribution in [0.25, 0.3) is 0 Å². The van der Waals surface area contributed by atoms with Gasteiger partial charge >= 0.3 is 0 Å². The van der Waals surface area contributed by atoms with Crippen LogP contribution >= 0.6 is 0 Å². The molecule has 31 heavy (non-hydrogen) atoms. The van der Waals surface area contributed by atoms with Gasteiger partial charge in [-0.05, 0) is 42.8 Å². The Labute approximate surface area is 177 Å². The van der Waals surface area contributed by atoms with Crippen LogP contribution in [0.2, 0.25) is 0 Å². The lowest BCUT2D eigenvalue weighted by atomic mass is 10.0. The highest BCUT2D eigenvalue weighted by molar-refractivity contribution is 6.23. The van der Waals surface area contributed by atoms with E-state index in [0.717, 1.165) is 21.9 Å². The van der Waals surface area contributed by atoms with E-state index in [2.05, 4.69) is 10.2 Å². The molecule has 0 saturated carbocycles. The largest absolute Gasteiger partial charge is 0.491 e. The number of fused-ring (bicyclic) bond motifs is 2. The number of hydrogen-bond donors (Lipinski definition) is 2. The zero-order valence-electron chi connectivity index (χ0n) is 16.6. The minimum atomic E-state index is -0.977. The minimum Gasteiger partial charge on any atom is -0.491 e. The van der Waals surface area contributed by atoms with Crippen LogP contribution in [0.15, 0.2) is 36.4 Å². The third kappa shape index (κ3) is 3.18. The average Bonchev–Trinajstić information content (AvgIpc) is 2.89. The third-order valence-corrected chi connectivity index (χ3v) is 5.85. The van der Waals surface area contributed by atoms with Crippen molar-refractivity contribution in [3.8, 4) is 5.75 Å². The molecule has 9 heteroatoms. The van der Waals surface area contributed by atoms with Crippen molar-refractivity contribution in [2.75, 3.05) is 23.8 Å². The Hall–Kier alpha value is -3.88. The van der Waals surface area contributed by atoms with E-state index in [4.69, 9.17) is 10.5 Å². The van der Waals surface area contributed by atoms with E-state index in [1.54, 1.807) is 24.3 Å². The molecule has 3 N–H and O–H groups in total. The number of ether oxygens (including phenoxy) is 1. The highest BCUT2D eigenvalue weighted by Crippen LogP contribution is 2.33. The first-order valence-electron chi connectivity index (χ1n) is 10.0. The number of nitrogen functional groups attached to an aromatic ring is 1. The number of hydrogen-bond acceptors (Lipinski definition) is 7. The predicted octanol–water partition coefficient (Wildman–Crippen LogP) is 1.07. The second-order valence-electron chi connectivity index (χ2n) is 7.81. The average molecular weight is 420 g/mol. The molecule has 1 atom stereocenters. The van der Waals surface area contributed by atoms with Gasteiger partial charge in [-0.15, -0.1) is 0 Å². The lowest BCUT2D eigenvalue weighted by Gasteiger charge is -2.27. The molecule has 0 aromatic heterocycles. The molecular formula is C22H20N4O5. The molecule has 3 aliphatic rings. The summed E-state index contributed by atoms with van der Waals surface area (Å²) in [6.07, 6.45) is 0.218. The van der Waals surface area contributed by atoms with Crippen LogP contribution in [-0.4, -0.2) is 47.7 Å². The van der Waals surface area contributed by atoms with Gasteiger partial charge in [0.15, 0.2) is 0 Å². The zero-order valence-corrected chi connectivity index (χ0v) is 16.6. The monoisotopic (exact) mass is 420 g/mol. The van der Waals surface area contributed by atoms with Crippen molar-refractivity contribution < 1.29 is 23.9 Å². The molecule has 2 aromatic carbocycles. The first-order valence-corrected chi connectivity index (χ1v) is 10.0. The van der Waals surface area contributed by atoms with E-state index in [9.17, 15) is 19.2 Å². The molecule has 0 bridgehead atoms. The number of piperidine rings is 1. The van der Waals surface area contributed by atoms with Crippen molar-refractivity contribution >= 4 is 35.0 Å². The molecule has 4 amide bonds. The Morgan fingerprint density at radius 2 is 1.81 bits per heavy atom. The fraction of sp³-hybridized carbons (Fsp3) is 0.273. The van der Waals surface area contributed by atoms with Gasteiger partial charge in [0.2, 0.25) is 11.8 Å². The lowest BCUT2D eigenvalue weighted by molar-refractivity contribution is -0.136. The summed E-state index contributed by atoms with van der Waals surface area (Å²) in [5.41, 5.74) is 8.77. The number of anilines is 2. The number of carbonyl (C=O) groups excluding carboxylic acids is 4. The van der Waals surface area contributed by atoms with Crippen LogP contribution in [-0.2, 0) is 16.1 Å². The summed E-state index contributed by atoms with van der Waals surface area (Å²) in [5, 5.41) is 2.20. The second-order valence-corrected chi connectivity index (χ2v) is 7.81. The lowest BCUT2D eigenvalue weighted by Crippen LogP contribution is -2.54. The van der Waals surface area contributed by atoms with Gasteiger partial charge in [-0.3, -0.25) is 29.4 Å². The van der Waals surface area contributed by atoms with Crippen LogP contribution in [0.4, 0.5) is 11.4 Å². The summed E-state index contributed by atoms with van der Waals surface area (Å²) in [7, 11) is 0. The molecule has 1 saturated heterocycles. The van der Waals surface area contributed by atoms with Crippen LogP contribution in [0.3, 0.4) is 0 Å². The molecule has 0 radical (unpaired) electrons. The second kappa shape index (κ2) is 7.12. The predicted molar refractivity (Wildman–Crippen MR) is 111 cm³/mol. The first-order chi connectivity index (χ1) is 14.9. The van der Waals surface area contributed by atoms with Crippen molar-refractivity contribution in [1.29, 1.82) is 0 Å². The Bertz CT molecular complexity index is 1140. The van der Waals surface area contributed by atoms with E-state index in [1.807, 2.05) is 12.1 Å². The molecule has 3 aliphatic heterocycles. The summed E-state index contributed by atoms with van der Waals surface area (Å²) in [4.78, 5) is 52.6. The van der Waals surface area contributed by atoms with Gasteiger partial charge in [-0.1, -0.05) is 0 Å². The van der Waals surface area contributed by atoms with Gasteiger partial charge in [0.05, 0.1) is 17.7 Å². The third-order valence-electron chi connectivity index (χ3n) is 5.85. The molecular weight excluding hydrogens is 400 g/mol. The molecule has 158 valence electrons. The molecule has 9 nitrogen and oxygen atoms in total. The van der Waals surface area contributed by atoms with Crippen LogP contribution in [0.5, 0.6) is 5.75 Å². The maximum Gasteiger partial charge on any atom is 0.262 e. The molecule has 5 rings (SSSR count). The number of imide groups is 2. The summed E-state index contributed by atoms with van der Waals surface area (Å²) in [5.74, 6) is -1.28. The summed E-state index contributed by atoms with van der Waals surface area (Å²) in [6, 6.07) is 9.60. The summed E-state index contributed by atoms with van der Waals surface area (Å²) in [6.45, 7) is 1.59. The van der Waals surface area contributed by atoms with Crippen molar-refractivity contribution in [3.63, 3.8) is 0 Å². The fourth-order valence-electron chi connectivity index (χ4n) is 4.29. The Morgan fingerprint density at radius 1 is 1.00 bits per heavy atom. The number of carbonyl (C=O) groups is 4. The van der Waals surface area contributed by atoms with E-state index in [1.165, 1.54) is 0 Å². The normalized spacial score (nSPS) is 20.7. The SMILES string of the molecule is Nc1ccc2c(c1)CN(c1ccc3c(c1)C(=O)N(C1CCC(=O)NC1=O)C3=O)CCO2. The Balaban J connectivity index is 1.44. The van der Waals surface area contributed by atoms with Gasteiger partial charge in [0.25, 0.3) is 11.8 Å². The van der Waals surface area contributed by atoms with Gasteiger partial charge in [0.1, 0.15) is 18.4 Å². The fourth-order valence-corrected chi connectivity index (χ4v) is 4.29. The number of nitrogens with zero attached hydrogens (tertiary/aromatic N) is 2. The van der Waals surface area contributed by atoms with Crippen LogP contribution in [0, 0.1) is 0 Å². The Morgan fingerprint density at radius 3 is 2.61 bits per heavy atom. The van der Waals surface area contributed by atoms with Gasteiger partial charge in [0, 0.05) is 29.9 Å². The molecule has 1 unspecified atom stereocenters. The van der Waals surface area contributed by atoms with Crippen LogP contribution in [0.1, 0.15) is 39.1 Å². The number of benzene rings is 2. The van der Waals surface area contributed by atoms with Crippen molar-refractivity contribution in [2.24, 2.45) is 0 Å². The highest BCUT2D eigenvalue weighted by atomic mass is 16.5. The number of nitrogens with two attached hydrogens (primary N) is 1. The summed E-state index contributed by atoms with van der Waals surface area (Å²) < 4.78 is 5.80. The zero-order chi connectivity index (χ0) is 21.7. The molecule has 0 spiro atoms. The number of rotatable bonds is 2. The smallest absolute Gasteiger partial charge is 0.262 e. The first kappa shape index (κ1) is 19.1. The van der Waals surface area contributed by atoms with Crippen molar-refractivity contribution in [3.05, 3.63) is 53.1 Å². The quantitative estimate of drug-likeness (QED) is 0.550. The maximum atomic E-state index is 13.1. The Kier molecular flexibility index (Phi) is 4.39. The number of nitrogens with one attached hydrogen (secondary N) is 1. The van der Waals surface area contributed by atoms with Crippen molar-refractivity contribution in [2.45, 2.75) is 25.4 Å². The van der Waals surface area contributed by atoms with E-state index in [-0.39, 0.29) is 24.0 Å². The molecule has 1 fully saturated rings. The van der Waals surface area contributed by atoms with Gasteiger partial charge in [-0.25, -0.2) is 0 Å². The van der Waals surface area contributed by atoms with Crippen LogP contribution < -0.4 is 20.7 Å². The topological polar surface area (TPSA) is 122 Å². The maximum absolute atomic E-state index is 13.1. The molecule has 0 aliphatic carbocycles. The standard InChI is InChI=1S/C22H20N4O5/c23-13-1-5-18-12(9-13)11-25(7-8-31-18)14-2-3-15-16(10-14)22(30)26(21(15)29)17-4-6-19(27)24-20(17)28/h1-3,5,9-10,17H,4,6-8,11,23H2,(H,24,27,28). The highest BCUT2D eigenvalue weighted by Gasteiger charge is 2.44. The van der Waals surface area contributed by atoms with E-state index in [0.29, 0.717) is 25.4 Å². The van der Waals surface area contributed by atoms with E-state index < -0.39 is 29.7 Å². The molecule has 2 aromatic rings. The molecule has 3 heterocycles. The van der Waals surface area contributed by atoms with Gasteiger partial charge in [-0.2, -0.15) is 0 Å². The van der Waals surface area contributed by atoms with E-state index >= 15 is 0 Å². The van der Waals surface area contributed by atoms with Crippen molar-refractivity contribution in [1.82, 2.24) is 10.2 Å². The van der Waals surface area contributed by atoms with Gasteiger partial charge < -0.3 is 15.4 Å². The summed E-state index contributed by atoms with van der Waals surface area (Å²) >= 11 is 0. The minimum absolute atomic E-state index is 0.0887. The number of amides is 4.